The summed E-state index contributed by atoms with van der Waals surface area (Å²) in [5, 5.41) is 3.72. The van der Waals surface area contributed by atoms with Gasteiger partial charge in [-0.1, -0.05) is 55.4 Å². The molecule has 0 bridgehead atoms. The summed E-state index contributed by atoms with van der Waals surface area (Å²) < 4.78 is 14.4. The molecule has 0 aromatic heterocycles. The molecule has 0 spiro atoms. The maximum atomic E-state index is 5.93. The summed E-state index contributed by atoms with van der Waals surface area (Å²) in [5.41, 5.74) is 0. The molecular weight excluding hydrogens is 500 g/mol. The Balaban J connectivity index is 4.79. The molecule has 0 aromatic carbocycles. The second-order valence-corrected chi connectivity index (χ2v) is 10.6. The van der Waals surface area contributed by atoms with Crippen LogP contribution in [0.15, 0.2) is 4.99 Å². The quantitative estimate of drug-likeness (QED) is 0.0676. The molecule has 8 heteroatoms. The molecule has 0 saturated heterocycles. The highest BCUT2D eigenvalue weighted by Gasteiger charge is 2.21. The molecule has 0 unspecified atom stereocenters. The van der Waals surface area contributed by atoms with Crippen LogP contribution in [-0.4, -0.2) is 123 Å². The average Bonchev–Trinajstić information content (AvgIpc) is 2.94. The van der Waals surface area contributed by atoms with E-state index in [1.807, 2.05) is 0 Å². The van der Waals surface area contributed by atoms with Gasteiger partial charge in [0, 0.05) is 26.2 Å². The number of hydrogen-bond acceptors (Lipinski definition) is 3. The van der Waals surface area contributed by atoms with Gasteiger partial charge in [-0.05, 0) is 51.4 Å². The van der Waals surface area contributed by atoms with E-state index in [-0.39, 0.29) is 0 Å². The second-order valence-electron chi connectivity index (χ2n) is 10.6. The third kappa shape index (κ3) is 17.3. The van der Waals surface area contributed by atoms with E-state index in [4.69, 9.17) is 14.5 Å². The summed E-state index contributed by atoms with van der Waals surface area (Å²) in [7, 11) is 0. The fourth-order valence-corrected chi connectivity index (χ4v) is 5.02. The SMILES string of the molecule is CCCN(CCC)C(=NCCOCCOCCNC(N(CCC)CCC)=[N+](CCC)CCC)N(CCC)CCC. The van der Waals surface area contributed by atoms with Crippen LogP contribution in [0, 0.1) is 0 Å². The van der Waals surface area contributed by atoms with Crippen LogP contribution < -0.4 is 5.32 Å². The van der Waals surface area contributed by atoms with Crippen LogP contribution in [0.25, 0.3) is 0 Å². The van der Waals surface area contributed by atoms with Gasteiger partial charge in [0.1, 0.15) is 0 Å². The number of hydrogen-bond donors (Lipinski definition) is 1. The van der Waals surface area contributed by atoms with Gasteiger partial charge < -0.3 is 19.3 Å². The Bertz CT molecular complexity index is 585. The number of rotatable bonds is 25. The topological polar surface area (TPSA) is 55.6 Å². The molecule has 40 heavy (non-hydrogen) atoms. The van der Waals surface area contributed by atoms with E-state index < -0.39 is 0 Å². The minimum Gasteiger partial charge on any atom is -0.377 e. The maximum Gasteiger partial charge on any atom is 0.348 e. The first-order chi connectivity index (χ1) is 19.6. The minimum absolute atomic E-state index is 0.609. The summed E-state index contributed by atoms with van der Waals surface area (Å²) in [5.74, 6) is 2.44. The molecule has 0 aromatic rings. The fraction of sp³-hybridized carbons (Fsp3) is 0.938. The average molecular weight is 570 g/mol. The van der Waals surface area contributed by atoms with Crippen LogP contribution >= 0.6 is 0 Å². The van der Waals surface area contributed by atoms with Gasteiger partial charge in [-0.25, -0.2) is 0 Å². The lowest BCUT2D eigenvalue weighted by molar-refractivity contribution is -0.535. The fourth-order valence-electron chi connectivity index (χ4n) is 5.02. The van der Waals surface area contributed by atoms with E-state index in [9.17, 15) is 0 Å². The van der Waals surface area contributed by atoms with Crippen LogP contribution in [0.3, 0.4) is 0 Å². The highest BCUT2D eigenvalue weighted by molar-refractivity contribution is 5.80. The van der Waals surface area contributed by atoms with Crippen molar-refractivity contribution in [1.29, 1.82) is 0 Å². The van der Waals surface area contributed by atoms with Crippen molar-refractivity contribution in [2.45, 2.75) is 107 Å². The van der Waals surface area contributed by atoms with Crippen molar-refractivity contribution in [3.8, 4) is 0 Å². The number of aliphatic imine (C=N–C) groups is 1. The van der Waals surface area contributed by atoms with E-state index >= 15 is 0 Å². The van der Waals surface area contributed by atoms with E-state index in [2.05, 4.69) is 80.0 Å². The van der Waals surface area contributed by atoms with Crippen LogP contribution in [0.1, 0.15) is 107 Å². The Morgan fingerprint density at radius 1 is 0.550 bits per heavy atom. The molecule has 8 nitrogen and oxygen atoms in total. The molecule has 0 aliphatic rings. The summed E-state index contributed by atoms with van der Waals surface area (Å²) in [6, 6.07) is 0. The standard InChI is InChI=1S/C32H68N6O2/c1-9-19-35(20-10-2)31(36(21-11-3)22-12-4)33-17-27-39-29-30-40-28-18-34-32(37(23-13-5)24-14-6)38(25-15-7)26-16-8/h9-30H2,1-8H3/p+1. The molecule has 0 atom stereocenters. The van der Waals surface area contributed by atoms with Crippen molar-refractivity contribution >= 4 is 11.9 Å². The predicted octanol–water partition coefficient (Wildman–Crippen LogP) is 5.52. The Labute approximate surface area is 249 Å². The van der Waals surface area contributed by atoms with Crippen molar-refractivity contribution in [3.63, 3.8) is 0 Å². The zero-order chi connectivity index (χ0) is 29.8. The molecule has 0 fully saturated rings. The zero-order valence-corrected chi connectivity index (χ0v) is 28.1. The molecule has 0 rings (SSSR count). The second kappa shape index (κ2) is 27.6. The van der Waals surface area contributed by atoms with E-state index in [0.29, 0.717) is 33.0 Å². The van der Waals surface area contributed by atoms with Crippen molar-refractivity contribution in [3.05, 3.63) is 0 Å². The lowest BCUT2D eigenvalue weighted by Crippen LogP contribution is -2.49. The zero-order valence-electron chi connectivity index (χ0n) is 28.1. The van der Waals surface area contributed by atoms with Gasteiger partial charge in [0.25, 0.3) is 0 Å². The number of ether oxygens (including phenoxy) is 2. The van der Waals surface area contributed by atoms with Gasteiger partial charge in [0.2, 0.25) is 0 Å². The Hall–Kier alpha value is -1.54. The molecule has 0 heterocycles. The first kappa shape index (κ1) is 38.5. The first-order valence-electron chi connectivity index (χ1n) is 16.9. The van der Waals surface area contributed by atoms with Gasteiger partial charge in [0.05, 0.1) is 65.7 Å². The van der Waals surface area contributed by atoms with Crippen LogP contribution in [0.4, 0.5) is 0 Å². The summed E-state index contributed by atoms with van der Waals surface area (Å²) in [6.07, 6.45) is 9.16. The van der Waals surface area contributed by atoms with Gasteiger partial charge in [-0.3, -0.25) is 19.8 Å². The normalized spacial score (nSPS) is 10.9. The summed E-state index contributed by atoms with van der Waals surface area (Å²) >= 11 is 0. The Morgan fingerprint density at radius 2 is 0.975 bits per heavy atom. The number of nitrogens with zero attached hydrogens (tertiary/aromatic N) is 5. The van der Waals surface area contributed by atoms with E-state index in [0.717, 1.165) is 116 Å². The lowest BCUT2D eigenvalue weighted by atomic mass is 10.3. The van der Waals surface area contributed by atoms with Gasteiger partial charge in [-0.15, -0.1) is 0 Å². The molecule has 0 saturated carbocycles. The van der Waals surface area contributed by atoms with Crippen molar-refractivity contribution in [2.24, 2.45) is 4.99 Å². The predicted molar refractivity (Wildman–Crippen MR) is 174 cm³/mol. The highest BCUT2D eigenvalue weighted by atomic mass is 16.5. The third-order valence-corrected chi connectivity index (χ3v) is 6.50. The first-order valence-corrected chi connectivity index (χ1v) is 16.9. The van der Waals surface area contributed by atoms with Crippen molar-refractivity contribution in [2.75, 3.05) is 91.9 Å². The lowest BCUT2D eigenvalue weighted by Gasteiger charge is -2.34. The molecular formula is C32H69N6O2+. The monoisotopic (exact) mass is 570 g/mol. The molecule has 0 aliphatic heterocycles. The smallest absolute Gasteiger partial charge is 0.348 e. The highest BCUT2D eigenvalue weighted by Crippen LogP contribution is 2.06. The molecule has 0 aliphatic carbocycles. The Kier molecular flexibility index (Phi) is 26.6. The van der Waals surface area contributed by atoms with Gasteiger partial charge in [-0.2, -0.15) is 0 Å². The van der Waals surface area contributed by atoms with Gasteiger partial charge >= 0.3 is 5.96 Å². The molecule has 0 amide bonds. The van der Waals surface area contributed by atoms with Gasteiger partial charge in [0.15, 0.2) is 5.96 Å². The third-order valence-electron chi connectivity index (χ3n) is 6.50. The summed E-state index contributed by atoms with van der Waals surface area (Å²) in [4.78, 5) is 12.5. The Morgan fingerprint density at radius 3 is 1.40 bits per heavy atom. The minimum atomic E-state index is 0.609. The molecule has 238 valence electrons. The van der Waals surface area contributed by atoms with Crippen LogP contribution in [-0.2, 0) is 9.47 Å². The van der Waals surface area contributed by atoms with E-state index in [1.165, 1.54) is 5.96 Å². The number of guanidine groups is 2. The largest absolute Gasteiger partial charge is 0.377 e. The summed E-state index contributed by atoms with van der Waals surface area (Å²) in [6.45, 7) is 30.7. The molecule has 1 N–H and O–H groups in total. The van der Waals surface area contributed by atoms with Crippen LogP contribution in [0.2, 0.25) is 0 Å². The van der Waals surface area contributed by atoms with Crippen molar-refractivity contribution < 1.29 is 14.0 Å². The maximum absolute atomic E-state index is 5.93. The van der Waals surface area contributed by atoms with E-state index in [1.54, 1.807) is 0 Å². The molecule has 0 radical (unpaired) electrons. The van der Waals surface area contributed by atoms with Crippen molar-refractivity contribution in [1.82, 2.24) is 20.0 Å². The van der Waals surface area contributed by atoms with Crippen LogP contribution in [0.5, 0.6) is 0 Å². The number of nitrogens with one attached hydrogen (secondary N) is 1.